The van der Waals surface area contributed by atoms with Crippen LogP contribution in [-0.4, -0.2) is 81.0 Å². The molecule has 32 heavy (non-hydrogen) atoms. The van der Waals surface area contributed by atoms with Crippen molar-refractivity contribution in [1.82, 2.24) is 15.2 Å². The standard InChI is InChI=1S/C23H29Cl2N5O2/c24-19-5-4-18(21(25)15-19)6-8-27-23(28-16-20-17-31-13-14-32-20)30-11-9-29(10-12-30)22-3-1-2-7-26-22/h1-5,7,15,20H,6,8-14,16-17H2,(H,27,28)/t20-/m0/s1. The molecule has 0 aliphatic carbocycles. The number of guanidine groups is 1. The highest BCUT2D eigenvalue weighted by Crippen LogP contribution is 2.21. The lowest BCUT2D eigenvalue weighted by molar-refractivity contribution is -0.0833. The Balaban J connectivity index is 1.37. The first-order valence-electron chi connectivity index (χ1n) is 11.0. The van der Waals surface area contributed by atoms with E-state index < -0.39 is 0 Å². The molecule has 2 fully saturated rings. The number of pyridine rings is 1. The molecule has 0 unspecified atom stereocenters. The smallest absolute Gasteiger partial charge is 0.194 e. The van der Waals surface area contributed by atoms with Crippen molar-refractivity contribution in [2.45, 2.75) is 12.5 Å². The van der Waals surface area contributed by atoms with Gasteiger partial charge in [-0.05, 0) is 36.2 Å². The summed E-state index contributed by atoms with van der Waals surface area (Å²) in [5, 5.41) is 4.86. The Hall–Kier alpha value is -2.06. The van der Waals surface area contributed by atoms with Crippen LogP contribution in [0.1, 0.15) is 5.56 Å². The number of anilines is 1. The largest absolute Gasteiger partial charge is 0.376 e. The molecule has 0 amide bonds. The van der Waals surface area contributed by atoms with Gasteiger partial charge in [-0.1, -0.05) is 35.3 Å². The normalized spacial score (nSPS) is 19.8. The number of rotatable bonds is 6. The Morgan fingerprint density at radius 3 is 2.72 bits per heavy atom. The van der Waals surface area contributed by atoms with Crippen LogP contribution >= 0.6 is 23.2 Å². The lowest BCUT2D eigenvalue weighted by atomic mass is 10.1. The summed E-state index contributed by atoms with van der Waals surface area (Å²) in [6.07, 6.45) is 2.62. The van der Waals surface area contributed by atoms with Gasteiger partial charge in [-0.2, -0.15) is 0 Å². The zero-order valence-electron chi connectivity index (χ0n) is 18.1. The molecule has 2 aromatic rings. The van der Waals surface area contributed by atoms with Crippen LogP contribution in [0, 0.1) is 0 Å². The molecule has 2 aliphatic rings. The Kier molecular flexibility index (Phi) is 8.45. The summed E-state index contributed by atoms with van der Waals surface area (Å²) in [7, 11) is 0. The maximum absolute atomic E-state index is 6.34. The van der Waals surface area contributed by atoms with E-state index in [1.165, 1.54) is 0 Å². The van der Waals surface area contributed by atoms with Crippen molar-refractivity contribution in [3.05, 3.63) is 58.2 Å². The van der Waals surface area contributed by atoms with Crippen LogP contribution < -0.4 is 10.2 Å². The van der Waals surface area contributed by atoms with E-state index in [4.69, 9.17) is 37.7 Å². The molecule has 3 heterocycles. The quantitative estimate of drug-likeness (QED) is 0.509. The Bertz CT molecular complexity index is 885. The van der Waals surface area contributed by atoms with E-state index in [9.17, 15) is 0 Å². The summed E-state index contributed by atoms with van der Waals surface area (Å²) in [4.78, 5) is 14.0. The SMILES string of the molecule is Clc1ccc(CCNC(=NC[C@H]2COCCO2)N2CCN(c3ccccn3)CC2)c(Cl)c1. The summed E-state index contributed by atoms with van der Waals surface area (Å²) in [6, 6.07) is 11.6. The van der Waals surface area contributed by atoms with Gasteiger partial charge in [-0.15, -0.1) is 0 Å². The van der Waals surface area contributed by atoms with Crippen molar-refractivity contribution in [2.75, 3.05) is 64.0 Å². The van der Waals surface area contributed by atoms with Crippen LogP contribution in [0.3, 0.4) is 0 Å². The first-order chi connectivity index (χ1) is 15.7. The molecule has 172 valence electrons. The highest BCUT2D eigenvalue weighted by Gasteiger charge is 2.21. The Morgan fingerprint density at radius 1 is 1.12 bits per heavy atom. The van der Waals surface area contributed by atoms with Gasteiger partial charge >= 0.3 is 0 Å². The van der Waals surface area contributed by atoms with E-state index in [2.05, 4.69) is 26.2 Å². The van der Waals surface area contributed by atoms with Crippen molar-refractivity contribution in [1.29, 1.82) is 0 Å². The third-order valence-electron chi connectivity index (χ3n) is 5.57. The van der Waals surface area contributed by atoms with Crippen molar-refractivity contribution in [2.24, 2.45) is 4.99 Å². The molecule has 0 spiro atoms. The van der Waals surface area contributed by atoms with Crippen LogP contribution in [-0.2, 0) is 15.9 Å². The van der Waals surface area contributed by atoms with E-state index in [0.717, 1.165) is 56.5 Å². The average molecular weight is 478 g/mol. The molecule has 9 heteroatoms. The molecule has 0 saturated carbocycles. The summed E-state index contributed by atoms with van der Waals surface area (Å²) < 4.78 is 11.3. The van der Waals surface area contributed by atoms with E-state index >= 15 is 0 Å². The molecular weight excluding hydrogens is 449 g/mol. The van der Waals surface area contributed by atoms with Crippen molar-refractivity contribution in [3.8, 4) is 0 Å². The molecule has 1 aromatic heterocycles. The van der Waals surface area contributed by atoms with E-state index in [1.54, 1.807) is 6.07 Å². The molecule has 7 nitrogen and oxygen atoms in total. The second kappa shape index (κ2) is 11.7. The van der Waals surface area contributed by atoms with Crippen molar-refractivity contribution >= 4 is 35.0 Å². The molecule has 2 aliphatic heterocycles. The lowest BCUT2D eigenvalue weighted by Crippen LogP contribution is -2.53. The topological polar surface area (TPSA) is 62.2 Å². The zero-order chi connectivity index (χ0) is 22.2. The average Bonchev–Trinajstić information content (AvgIpc) is 2.84. The molecular formula is C23H29Cl2N5O2. The van der Waals surface area contributed by atoms with Gasteiger partial charge in [-0.3, -0.25) is 4.99 Å². The van der Waals surface area contributed by atoms with Gasteiger partial charge in [0.15, 0.2) is 5.96 Å². The van der Waals surface area contributed by atoms with Gasteiger partial charge in [0.1, 0.15) is 11.9 Å². The minimum absolute atomic E-state index is 0.000988. The molecule has 1 atom stereocenters. The van der Waals surface area contributed by atoms with Gasteiger partial charge in [0, 0.05) is 49.0 Å². The van der Waals surface area contributed by atoms with Crippen LogP contribution in [0.15, 0.2) is 47.6 Å². The van der Waals surface area contributed by atoms with E-state index in [1.807, 2.05) is 30.5 Å². The van der Waals surface area contributed by atoms with Gasteiger partial charge in [0.2, 0.25) is 0 Å². The molecule has 4 rings (SSSR count). The monoisotopic (exact) mass is 477 g/mol. The van der Waals surface area contributed by atoms with Crippen LogP contribution in [0.5, 0.6) is 0 Å². The fourth-order valence-electron chi connectivity index (χ4n) is 3.82. The molecule has 0 radical (unpaired) electrons. The van der Waals surface area contributed by atoms with Crippen LogP contribution in [0.2, 0.25) is 10.0 Å². The summed E-state index contributed by atoms with van der Waals surface area (Å²) in [5.74, 6) is 1.91. The number of aliphatic imine (C=N–C) groups is 1. The zero-order valence-corrected chi connectivity index (χ0v) is 19.6. The number of piperazine rings is 1. The Labute approximate surface area is 199 Å². The highest BCUT2D eigenvalue weighted by atomic mass is 35.5. The third-order valence-corrected chi connectivity index (χ3v) is 6.16. The number of hydrogen-bond acceptors (Lipinski definition) is 5. The molecule has 1 aromatic carbocycles. The predicted molar refractivity (Wildman–Crippen MR) is 129 cm³/mol. The predicted octanol–water partition coefficient (Wildman–Crippen LogP) is 3.11. The minimum atomic E-state index is 0.000988. The van der Waals surface area contributed by atoms with Crippen LogP contribution in [0.4, 0.5) is 5.82 Å². The number of halogens is 2. The maximum Gasteiger partial charge on any atom is 0.194 e. The summed E-state index contributed by atoms with van der Waals surface area (Å²) >= 11 is 12.4. The van der Waals surface area contributed by atoms with Crippen molar-refractivity contribution in [3.63, 3.8) is 0 Å². The third kappa shape index (κ3) is 6.48. The number of ether oxygens (including phenoxy) is 2. The van der Waals surface area contributed by atoms with Gasteiger partial charge < -0.3 is 24.6 Å². The lowest BCUT2D eigenvalue weighted by Gasteiger charge is -2.37. The van der Waals surface area contributed by atoms with Gasteiger partial charge in [0.05, 0.1) is 26.4 Å². The van der Waals surface area contributed by atoms with E-state index in [0.29, 0.717) is 36.4 Å². The van der Waals surface area contributed by atoms with E-state index in [-0.39, 0.29) is 6.10 Å². The second-order valence-corrected chi connectivity index (χ2v) is 8.65. The first-order valence-corrected chi connectivity index (χ1v) is 11.8. The second-order valence-electron chi connectivity index (χ2n) is 7.81. The molecule has 1 N–H and O–H groups in total. The van der Waals surface area contributed by atoms with Crippen LogP contribution in [0.25, 0.3) is 0 Å². The minimum Gasteiger partial charge on any atom is -0.376 e. The first kappa shape index (κ1) is 23.1. The molecule has 2 saturated heterocycles. The number of hydrogen-bond donors (Lipinski definition) is 1. The number of aromatic nitrogens is 1. The number of benzene rings is 1. The summed E-state index contributed by atoms with van der Waals surface area (Å²) in [5.41, 5.74) is 1.06. The Morgan fingerprint density at radius 2 is 2.00 bits per heavy atom. The fraction of sp³-hybridized carbons (Fsp3) is 0.478. The maximum atomic E-state index is 6.34. The highest BCUT2D eigenvalue weighted by molar-refractivity contribution is 6.35. The van der Waals surface area contributed by atoms with Crippen molar-refractivity contribution < 1.29 is 9.47 Å². The van der Waals surface area contributed by atoms with Gasteiger partial charge in [0.25, 0.3) is 0 Å². The summed E-state index contributed by atoms with van der Waals surface area (Å²) in [6.45, 7) is 6.69. The van der Waals surface area contributed by atoms with Gasteiger partial charge in [-0.25, -0.2) is 4.98 Å². The number of nitrogens with one attached hydrogen (secondary N) is 1. The number of nitrogens with zero attached hydrogens (tertiary/aromatic N) is 4. The fourth-order valence-corrected chi connectivity index (χ4v) is 4.32. The molecule has 0 bridgehead atoms.